The molecule has 1 aliphatic carbocycles. The summed E-state index contributed by atoms with van der Waals surface area (Å²) in [6.45, 7) is 8.54. The third-order valence-electron chi connectivity index (χ3n) is 3.54. The second-order valence-electron chi connectivity index (χ2n) is 5.06. The van der Waals surface area contributed by atoms with Crippen LogP contribution in [-0.2, 0) is 4.79 Å². The highest BCUT2D eigenvalue weighted by Crippen LogP contribution is 2.40. The minimum Gasteiger partial charge on any atom is -0.325 e. The summed E-state index contributed by atoms with van der Waals surface area (Å²) in [5.74, 6) is 0.657. The predicted octanol–water partition coefficient (Wildman–Crippen LogP) is 2.77. The van der Waals surface area contributed by atoms with Gasteiger partial charge in [0.15, 0.2) is 0 Å². The van der Waals surface area contributed by atoms with E-state index in [4.69, 9.17) is 0 Å². The van der Waals surface area contributed by atoms with Crippen LogP contribution < -0.4 is 5.32 Å². The van der Waals surface area contributed by atoms with Crippen LogP contribution in [0.25, 0.3) is 0 Å². The van der Waals surface area contributed by atoms with Gasteiger partial charge in [-0.25, -0.2) is 0 Å². The molecule has 0 saturated carbocycles. The first-order chi connectivity index (χ1) is 7.02. The predicted molar refractivity (Wildman–Crippen MR) is 61.1 cm³/mol. The number of carbonyl (C=O) groups is 1. The molecule has 2 heteroatoms. The highest BCUT2D eigenvalue weighted by Gasteiger charge is 2.38. The van der Waals surface area contributed by atoms with E-state index in [9.17, 15) is 4.79 Å². The molecule has 1 fully saturated rings. The lowest BCUT2D eigenvalue weighted by molar-refractivity contribution is -0.122. The second-order valence-corrected chi connectivity index (χ2v) is 5.06. The average molecular weight is 205 g/mol. The zero-order chi connectivity index (χ0) is 11.2. The SMILES string of the molecule is CC1=C2NC(=O)C(C(C)C)C2=C(C)CC1. The molecule has 1 amide bonds. The number of carbonyl (C=O) groups excluding carboxylic acids is 1. The van der Waals surface area contributed by atoms with Crippen LogP contribution in [0.2, 0.25) is 0 Å². The Kier molecular flexibility index (Phi) is 2.45. The van der Waals surface area contributed by atoms with E-state index in [2.05, 4.69) is 33.0 Å². The number of hydrogen-bond acceptors (Lipinski definition) is 1. The van der Waals surface area contributed by atoms with Gasteiger partial charge in [-0.3, -0.25) is 4.79 Å². The molecule has 2 rings (SSSR count). The van der Waals surface area contributed by atoms with Crippen LogP contribution in [0.3, 0.4) is 0 Å². The molecule has 15 heavy (non-hydrogen) atoms. The normalized spacial score (nSPS) is 26.2. The number of hydrogen-bond donors (Lipinski definition) is 1. The maximum Gasteiger partial charge on any atom is 0.232 e. The Morgan fingerprint density at radius 2 is 1.80 bits per heavy atom. The summed E-state index contributed by atoms with van der Waals surface area (Å²) in [6.07, 6.45) is 2.21. The van der Waals surface area contributed by atoms with Gasteiger partial charge >= 0.3 is 0 Å². The van der Waals surface area contributed by atoms with Gasteiger partial charge in [0.25, 0.3) is 0 Å². The highest BCUT2D eigenvalue weighted by atomic mass is 16.2. The molecule has 1 unspecified atom stereocenters. The summed E-state index contributed by atoms with van der Waals surface area (Å²) in [7, 11) is 0. The number of fused-ring (bicyclic) bond motifs is 1. The maximum atomic E-state index is 11.9. The molecule has 0 aromatic rings. The van der Waals surface area contributed by atoms with Crippen LogP contribution in [0, 0.1) is 11.8 Å². The van der Waals surface area contributed by atoms with Crippen molar-refractivity contribution >= 4 is 5.91 Å². The summed E-state index contributed by atoms with van der Waals surface area (Å²) in [5.41, 5.74) is 5.15. The molecule has 1 heterocycles. The first-order valence-electron chi connectivity index (χ1n) is 5.73. The van der Waals surface area contributed by atoms with Gasteiger partial charge in [0.05, 0.1) is 5.92 Å². The summed E-state index contributed by atoms with van der Waals surface area (Å²) in [4.78, 5) is 11.9. The lowest BCUT2D eigenvalue weighted by Gasteiger charge is -2.21. The molecule has 82 valence electrons. The molecule has 0 aromatic carbocycles. The maximum absolute atomic E-state index is 11.9. The van der Waals surface area contributed by atoms with Gasteiger partial charge in [0.1, 0.15) is 0 Å². The highest BCUT2D eigenvalue weighted by molar-refractivity contribution is 5.90. The molecule has 2 nitrogen and oxygen atoms in total. The van der Waals surface area contributed by atoms with Crippen LogP contribution in [0.1, 0.15) is 40.5 Å². The molecule has 0 radical (unpaired) electrons. The van der Waals surface area contributed by atoms with E-state index >= 15 is 0 Å². The van der Waals surface area contributed by atoms with Crippen molar-refractivity contribution in [3.63, 3.8) is 0 Å². The van der Waals surface area contributed by atoms with Crippen molar-refractivity contribution in [2.75, 3.05) is 0 Å². The van der Waals surface area contributed by atoms with E-state index in [0.29, 0.717) is 5.92 Å². The molecular weight excluding hydrogens is 186 g/mol. The van der Waals surface area contributed by atoms with Gasteiger partial charge in [-0.05, 0) is 43.8 Å². The van der Waals surface area contributed by atoms with Crippen molar-refractivity contribution in [1.82, 2.24) is 5.32 Å². The van der Waals surface area contributed by atoms with Gasteiger partial charge in [0.2, 0.25) is 5.91 Å². The Balaban J connectivity index is 2.51. The lowest BCUT2D eigenvalue weighted by atomic mass is 9.81. The molecule has 1 saturated heterocycles. The largest absolute Gasteiger partial charge is 0.325 e. The fourth-order valence-corrected chi connectivity index (χ4v) is 2.64. The summed E-state index contributed by atoms with van der Waals surface area (Å²) < 4.78 is 0. The van der Waals surface area contributed by atoms with Crippen LogP contribution >= 0.6 is 0 Å². The number of amides is 1. The first-order valence-corrected chi connectivity index (χ1v) is 5.73. The third kappa shape index (κ3) is 1.52. The van der Waals surface area contributed by atoms with Gasteiger partial charge in [-0.15, -0.1) is 0 Å². The van der Waals surface area contributed by atoms with Gasteiger partial charge < -0.3 is 5.32 Å². The summed E-state index contributed by atoms with van der Waals surface area (Å²) >= 11 is 0. The number of allylic oxidation sites excluding steroid dienone is 3. The van der Waals surface area contributed by atoms with Gasteiger partial charge in [-0.2, -0.15) is 0 Å². The summed E-state index contributed by atoms with van der Waals surface area (Å²) in [6, 6.07) is 0. The zero-order valence-electron chi connectivity index (χ0n) is 9.98. The van der Waals surface area contributed by atoms with Crippen molar-refractivity contribution < 1.29 is 4.79 Å². The van der Waals surface area contributed by atoms with E-state index in [1.54, 1.807) is 0 Å². The number of rotatable bonds is 1. The van der Waals surface area contributed by atoms with E-state index in [1.807, 2.05) is 0 Å². The van der Waals surface area contributed by atoms with Crippen LogP contribution in [0.5, 0.6) is 0 Å². The monoisotopic (exact) mass is 205 g/mol. The van der Waals surface area contributed by atoms with Crippen molar-refractivity contribution in [3.8, 4) is 0 Å². The minimum atomic E-state index is 0.0789. The summed E-state index contributed by atoms with van der Waals surface area (Å²) in [5, 5.41) is 3.05. The fraction of sp³-hybridized carbons (Fsp3) is 0.615. The second kappa shape index (κ2) is 3.51. The Bertz CT molecular complexity index is 374. The van der Waals surface area contributed by atoms with E-state index < -0.39 is 0 Å². The topological polar surface area (TPSA) is 29.1 Å². The third-order valence-corrected chi connectivity index (χ3v) is 3.54. The standard InChI is InChI=1S/C13H19NO/c1-7(2)10-11-8(3)5-6-9(4)12(11)14-13(10)15/h7,10H,5-6H2,1-4H3,(H,14,15). The van der Waals surface area contributed by atoms with Crippen LogP contribution in [0.4, 0.5) is 0 Å². The Morgan fingerprint density at radius 3 is 2.40 bits per heavy atom. The molecule has 0 spiro atoms. The Labute approximate surface area is 91.4 Å². The lowest BCUT2D eigenvalue weighted by Crippen LogP contribution is -2.22. The quantitative estimate of drug-likeness (QED) is 0.700. The molecule has 1 aliphatic heterocycles. The average Bonchev–Trinajstić information content (AvgIpc) is 2.50. The Morgan fingerprint density at radius 1 is 1.20 bits per heavy atom. The van der Waals surface area contributed by atoms with Crippen LogP contribution in [-0.4, -0.2) is 5.91 Å². The fourth-order valence-electron chi connectivity index (χ4n) is 2.64. The first kappa shape index (κ1) is 10.5. The van der Waals surface area contributed by atoms with E-state index in [0.717, 1.165) is 18.5 Å². The zero-order valence-corrected chi connectivity index (χ0v) is 9.98. The van der Waals surface area contributed by atoms with Crippen molar-refractivity contribution in [2.24, 2.45) is 11.8 Å². The Hall–Kier alpha value is -1.05. The van der Waals surface area contributed by atoms with Crippen molar-refractivity contribution in [3.05, 3.63) is 22.4 Å². The number of nitrogens with one attached hydrogen (secondary N) is 1. The van der Waals surface area contributed by atoms with Gasteiger partial charge in [0, 0.05) is 5.70 Å². The van der Waals surface area contributed by atoms with E-state index in [-0.39, 0.29) is 11.8 Å². The van der Waals surface area contributed by atoms with Crippen LogP contribution in [0.15, 0.2) is 22.4 Å². The molecule has 1 atom stereocenters. The molecule has 1 N–H and O–H groups in total. The smallest absolute Gasteiger partial charge is 0.232 e. The molecule has 0 aromatic heterocycles. The van der Waals surface area contributed by atoms with Gasteiger partial charge in [-0.1, -0.05) is 19.4 Å². The van der Waals surface area contributed by atoms with Crippen molar-refractivity contribution in [1.29, 1.82) is 0 Å². The minimum absolute atomic E-state index is 0.0789. The molecular formula is C13H19NO. The van der Waals surface area contributed by atoms with Crippen molar-refractivity contribution in [2.45, 2.75) is 40.5 Å². The molecule has 2 aliphatic rings. The molecule has 0 bridgehead atoms. The van der Waals surface area contributed by atoms with E-state index in [1.165, 1.54) is 16.7 Å².